The zero-order valence-electron chi connectivity index (χ0n) is 11.2. The number of alkyl halides is 3. The Bertz CT molecular complexity index is 444. The van der Waals surface area contributed by atoms with Gasteiger partial charge < -0.3 is 10.4 Å². The molecule has 1 atom stereocenters. The Morgan fingerprint density at radius 1 is 1.40 bits per heavy atom. The van der Waals surface area contributed by atoms with Gasteiger partial charge in [0.05, 0.1) is 18.2 Å². The van der Waals surface area contributed by atoms with Gasteiger partial charge in [-0.15, -0.1) is 0 Å². The molecule has 1 amide bonds. The first-order chi connectivity index (χ1) is 9.24. The number of carbonyl (C=O) groups excluding carboxylic acids is 1. The maximum atomic E-state index is 12.4. The SMILES string of the molecule is CC(C)CC(CO)NC(=O)c1ccc(C(F)(F)F)cn1. The van der Waals surface area contributed by atoms with E-state index in [2.05, 4.69) is 10.3 Å². The zero-order chi connectivity index (χ0) is 15.3. The molecule has 1 heterocycles. The van der Waals surface area contributed by atoms with E-state index in [0.29, 0.717) is 12.6 Å². The van der Waals surface area contributed by atoms with Crippen LogP contribution in [0.2, 0.25) is 0 Å². The molecule has 0 radical (unpaired) electrons. The summed E-state index contributed by atoms with van der Waals surface area (Å²) >= 11 is 0. The second kappa shape index (κ2) is 6.69. The van der Waals surface area contributed by atoms with Crippen LogP contribution < -0.4 is 5.32 Å². The fourth-order valence-electron chi connectivity index (χ4n) is 1.70. The van der Waals surface area contributed by atoms with Crippen LogP contribution in [0.3, 0.4) is 0 Å². The molecule has 0 aliphatic heterocycles. The number of aliphatic hydroxyl groups excluding tert-OH is 1. The third-order valence-corrected chi connectivity index (χ3v) is 2.63. The van der Waals surface area contributed by atoms with Crippen LogP contribution >= 0.6 is 0 Å². The van der Waals surface area contributed by atoms with E-state index in [-0.39, 0.29) is 18.2 Å². The molecule has 1 rings (SSSR count). The van der Waals surface area contributed by atoms with Crippen LogP contribution in [-0.2, 0) is 6.18 Å². The Balaban J connectivity index is 2.72. The molecule has 1 unspecified atom stereocenters. The lowest BCUT2D eigenvalue weighted by Crippen LogP contribution is -2.38. The number of hydrogen-bond acceptors (Lipinski definition) is 3. The molecule has 1 aromatic rings. The molecule has 0 aliphatic carbocycles. The van der Waals surface area contributed by atoms with Gasteiger partial charge in [-0.1, -0.05) is 13.8 Å². The number of pyridine rings is 1. The lowest BCUT2D eigenvalue weighted by Gasteiger charge is -2.18. The molecule has 0 saturated carbocycles. The van der Waals surface area contributed by atoms with E-state index in [0.717, 1.165) is 12.1 Å². The van der Waals surface area contributed by atoms with Crippen molar-refractivity contribution in [1.29, 1.82) is 0 Å². The highest BCUT2D eigenvalue weighted by Crippen LogP contribution is 2.28. The maximum Gasteiger partial charge on any atom is 0.417 e. The summed E-state index contributed by atoms with van der Waals surface area (Å²) in [6, 6.07) is 1.38. The summed E-state index contributed by atoms with van der Waals surface area (Å²) < 4.78 is 37.1. The van der Waals surface area contributed by atoms with Crippen LogP contribution in [0.15, 0.2) is 18.3 Å². The van der Waals surface area contributed by atoms with Gasteiger partial charge in [0.1, 0.15) is 5.69 Å². The highest BCUT2D eigenvalue weighted by atomic mass is 19.4. The summed E-state index contributed by atoms with van der Waals surface area (Å²) in [7, 11) is 0. The maximum absolute atomic E-state index is 12.4. The van der Waals surface area contributed by atoms with Crippen LogP contribution in [0, 0.1) is 5.92 Å². The molecule has 7 heteroatoms. The summed E-state index contributed by atoms with van der Waals surface area (Å²) in [4.78, 5) is 15.3. The van der Waals surface area contributed by atoms with Gasteiger partial charge in [0.2, 0.25) is 0 Å². The van der Waals surface area contributed by atoms with Crippen molar-refractivity contribution in [3.63, 3.8) is 0 Å². The van der Waals surface area contributed by atoms with E-state index in [4.69, 9.17) is 5.11 Å². The first-order valence-electron chi connectivity index (χ1n) is 6.19. The zero-order valence-corrected chi connectivity index (χ0v) is 11.2. The lowest BCUT2D eigenvalue weighted by molar-refractivity contribution is -0.137. The predicted molar refractivity (Wildman–Crippen MR) is 67.0 cm³/mol. The minimum Gasteiger partial charge on any atom is -0.394 e. The third kappa shape index (κ3) is 4.80. The lowest BCUT2D eigenvalue weighted by atomic mass is 10.0. The second-order valence-corrected chi connectivity index (χ2v) is 4.91. The van der Waals surface area contributed by atoms with Gasteiger partial charge >= 0.3 is 6.18 Å². The number of halogens is 3. The van der Waals surface area contributed by atoms with Crippen molar-refractivity contribution in [2.45, 2.75) is 32.5 Å². The standard InChI is InChI=1S/C13H17F3N2O2/c1-8(2)5-10(7-19)18-12(20)11-4-3-9(6-17-11)13(14,15)16/h3-4,6,8,10,19H,5,7H2,1-2H3,(H,18,20). The van der Waals surface area contributed by atoms with Crippen molar-refractivity contribution in [2.24, 2.45) is 5.92 Å². The molecule has 20 heavy (non-hydrogen) atoms. The van der Waals surface area contributed by atoms with Gasteiger partial charge in [-0.25, -0.2) is 0 Å². The van der Waals surface area contributed by atoms with Crippen LogP contribution in [0.5, 0.6) is 0 Å². The molecule has 0 bridgehead atoms. The van der Waals surface area contributed by atoms with E-state index in [1.807, 2.05) is 13.8 Å². The van der Waals surface area contributed by atoms with E-state index in [1.165, 1.54) is 0 Å². The summed E-state index contributed by atoms with van der Waals surface area (Å²) in [6.07, 6.45) is -3.29. The molecule has 0 fully saturated rings. The third-order valence-electron chi connectivity index (χ3n) is 2.63. The quantitative estimate of drug-likeness (QED) is 0.874. The molecule has 112 valence electrons. The van der Waals surface area contributed by atoms with Gasteiger partial charge in [0, 0.05) is 6.20 Å². The van der Waals surface area contributed by atoms with Crippen LogP contribution in [0.4, 0.5) is 13.2 Å². The normalized spacial score (nSPS) is 13.3. The van der Waals surface area contributed by atoms with Crippen LogP contribution in [-0.4, -0.2) is 28.6 Å². The number of carbonyl (C=O) groups is 1. The van der Waals surface area contributed by atoms with Gasteiger partial charge in [-0.05, 0) is 24.5 Å². The number of aromatic nitrogens is 1. The highest BCUT2D eigenvalue weighted by molar-refractivity contribution is 5.92. The second-order valence-electron chi connectivity index (χ2n) is 4.91. The number of aliphatic hydroxyl groups is 1. The van der Waals surface area contributed by atoms with Gasteiger partial charge in [-0.2, -0.15) is 13.2 Å². The molecule has 1 aromatic heterocycles. The van der Waals surface area contributed by atoms with Crippen molar-refractivity contribution in [3.8, 4) is 0 Å². The van der Waals surface area contributed by atoms with Crippen LogP contribution in [0.25, 0.3) is 0 Å². The first kappa shape index (κ1) is 16.4. The monoisotopic (exact) mass is 290 g/mol. The summed E-state index contributed by atoms with van der Waals surface area (Å²) in [5, 5.41) is 11.7. The predicted octanol–water partition coefficient (Wildman–Crippen LogP) is 2.24. The highest BCUT2D eigenvalue weighted by Gasteiger charge is 2.31. The molecular formula is C13H17F3N2O2. The van der Waals surface area contributed by atoms with Crippen molar-refractivity contribution in [1.82, 2.24) is 10.3 Å². The van der Waals surface area contributed by atoms with Gasteiger partial charge in [0.25, 0.3) is 5.91 Å². The number of rotatable bonds is 5. The molecule has 0 aromatic carbocycles. The van der Waals surface area contributed by atoms with Gasteiger partial charge in [-0.3, -0.25) is 9.78 Å². The Labute approximate surface area is 115 Å². The largest absolute Gasteiger partial charge is 0.417 e. The summed E-state index contributed by atoms with van der Waals surface area (Å²) in [5.41, 5.74) is -1.02. The van der Waals surface area contributed by atoms with Crippen molar-refractivity contribution < 1.29 is 23.1 Å². The van der Waals surface area contributed by atoms with E-state index >= 15 is 0 Å². The average molecular weight is 290 g/mol. The number of hydrogen-bond donors (Lipinski definition) is 2. The van der Waals surface area contributed by atoms with Crippen LogP contribution in [0.1, 0.15) is 36.3 Å². The molecular weight excluding hydrogens is 273 g/mol. The summed E-state index contributed by atoms with van der Waals surface area (Å²) in [5.74, 6) is -0.327. The minimum absolute atomic E-state index is 0.111. The molecule has 2 N–H and O–H groups in total. The van der Waals surface area contributed by atoms with E-state index in [1.54, 1.807) is 0 Å². The Morgan fingerprint density at radius 2 is 2.05 bits per heavy atom. The number of nitrogens with one attached hydrogen (secondary N) is 1. The number of nitrogens with zero attached hydrogens (tertiary/aromatic N) is 1. The average Bonchev–Trinajstić information content (AvgIpc) is 2.36. The molecule has 0 aliphatic rings. The molecule has 0 saturated heterocycles. The van der Waals surface area contributed by atoms with Crippen molar-refractivity contribution >= 4 is 5.91 Å². The molecule has 0 spiro atoms. The minimum atomic E-state index is -4.48. The van der Waals surface area contributed by atoms with Crippen molar-refractivity contribution in [2.75, 3.05) is 6.61 Å². The Hall–Kier alpha value is -1.63. The van der Waals surface area contributed by atoms with E-state index in [9.17, 15) is 18.0 Å². The smallest absolute Gasteiger partial charge is 0.394 e. The number of amides is 1. The topological polar surface area (TPSA) is 62.2 Å². The fourth-order valence-corrected chi connectivity index (χ4v) is 1.70. The molecule has 4 nitrogen and oxygen atoms in total. The van der Waals surface area contributed by atoms with E-state index < -0.39 is 23.7 Å². The summed E-state index contributed by atoms with van der Waals surface area (Å²) in [6.45, 7) is 3.64. The van der Waals surface area contributed by atoms with Gasteiger partial charge in [0.15, 0.2) is 0 Å². The first-order valence-corrected chi connectivity index (χ1v) is 6.19. The van der Waals surface area contributed by atoms with Crippen molar-refractivity contribution in [3.05, 3.63) is 29.6 Å². The Morgan fingerprint density at radius 3 is 2.45 bits per heavy atom. The fraction of sp³-hybridized carbons (Fsp3) is 0.538. The Kier molecular flexibility index (Phi) is 5.50.